The standard InChI is InChI=1S/C14H16N2O3/c1-9-12(7-8-13(17)18-2)14(19-16-9)10-3-5-11(15)6-4-10/h3-6H,7-8,15H2,1-2H3. The summed E-state index contributed by atoms with van der Waals surface area (Å²) in [5, 5.41) is 3.96. The zero-order valence-electron chi connectivity index (χ0n) is 11.0. The van der Waals surface area contributed by atoms with Gasteiger partial charge in [-0.15, -0.1) is 0 Å². The minimum Gasteiger partial charge on any atom is -0.469 e. The number of nitrogens with zero attached hydrogens (tertiary/aromatic N) is 1. The van der Waals surface area contributed by atoms with Gasteiger partial charge in [-0.05, 0) is 37.6 Å². The van der Waals surface area contributed by atoms with Crippen LogP contribution in [0.5, 0.6) is 0 Å². The second kappa shape index (κ2) is 5.56. The molecule has 100 valence electrons. The Kier molecular flexibility index (Phi) is 3.85. The number of aromatic nitrogens is 1. The SMILES string of the molecule is COC(=O)CCc1c(C)noc1-c1ccc(N)cc1. The lowest BCUT2D eigenvalue weighted by molar-refractivity contribution is -0.140. The Balaban J connectivity index is 2.26. The molecule has 0 bridgehead atoms. The van der Waals surface area contributed by atoms with Crippen LogP contribution in [0.3, 0.4) is 0 Å². The highest BCUT2D eigenvalue weighted by Gasteiger charge is 2.16. The summed E-state index contributed by atoms with van der Waals surface area (Å²) in [5.41, 5.74) is 8.96. The second-order valence-corrected chi connectivity index (χ2v) is 4.27. The van der Waals surface area contributed by atoms with Gasteiger partial charge >= 0.3 is 5.97 Å². The van der Waals surface area contributed by atoms with Gasteiger partial charge in [-0.25, -0.2) is 0 Å². The molecule has 0 aliphatic carbocycles. The van der Waals surface area contributed by atoms with Crippen LogP contribution in [-0.4, -0.2) is 18.2 Å². The van der Waals surface area contributed by atoms with Gasteiger partial charge in [-0.3, -0.25) is 4.79 Å². The number of carbonyl (C=O) groups excluding carboxylic acids is 1. The van der Waals surface area contributed by atoms with Gasteiger partial charge in [-0.2, -0.15) is 0 Å². The lowest BCUT2D eigenvalue weighted by Crippen LogP contribution is -2.02. The van der Waals surface area contributed by atoms with Crippen LogP contribution < -0.4 is 5.73 Å². The van der Waals surface area contributed by atoms with E-state index in [2.05, 4.69) is 9.89 Å². The highest BCUT2D eigenvalue weighted by molar-refractivity contribution is 5.71. The van der Waals surface area contributed by atoms with E-state index in [0.29, 0.717) is 24.3 Å². The molecule has 0 atom stereocenters. The summed E-state index contributed by atoms with van der Waals surface area (Å²) in [4.78, 5) is 11.2. The first kappa shape index (κ1) is 13.1. The molecule has 2 aromatic rings. The monoisotopic (exact) mass is 260 g/mol. The summed E-state index contributed by atoms with van der Waals surface area (Å²) < 4.78 is 9.99. The highest BCUT2D eigenvalue weighted by atomic mass is 16.5. The third-order valence-electron chi connectivity index (χ3n) is 2.96. The quantitative estimate of drug-likeness (QED) is 0.674. The van der Waals surface area contributed by atoms with Gasteiger partial charge < -0.3 is 15.0 Å². The van der Waals surface area contributed by atoms with Crippen LogP contribution in [0.2, 0.25) is 0 Å². The summed E-state index contributed by atoms with van der Waals surface area (Å²) in [6, 6.07) is 7.35. The third kappa shape index (κ3) is 2.93. The maximum Gasteiger partial charge on any atom is 0.305 e. The third-order valence-corrected chi connectivity index (χ3v) is 2.96. The lowest BCUT2D eigenvalue weighted by Gasteiger charge is -2.02. The topological polar surface area (TPSA) is 78.3 Å². The number of benzene rings is 1. The van der Waals surface area contributed by atoms with Crippen molar-refractivity contribution in [3.05, 3.63) is 35.5 Å². The number of carbonyl (C=O) groups is 1. The van der Waals surface area contributed by atoms with Crippen LogP contribution >= 0.6 is 0 Å². The van der Waals surface area contributed by atoms with Crippen molar-refractivity contribution in [2.75, 3.05) is 12.8 Å². The molecule has 5 heteroatoms. The Morgan fingerprint density at radius 3 is 2.68 bits per heavy atom. The van der Waals surface area contributed by atoms with Crippen LogP contribution in [0.1, 0.15) is 17.7 Å². The Morgan fingerprint density at radius 1 is 1.37 bits per heavy atom. The Morgan fingerprint density at radius 2 is 2.05 bits per heavy atom. The van der Waals surface area contributed by atoms with Crippen LogP contribution in [-0.2, 0) is 16.0 Å². The Bertz CT molecular complexity index is 573. The maximum atomic E-state index is 11.2. The second-order valence-electron chi connectivity index (χ2n) is 4.27. The fraction of sp³-hybridized carbons (Fsp3) is 0.286. The zero-order chi connectivity index (χ0) is 13.8. The molecule has 0 fully saturated rings. The summed E-state index contributed by atoms with van der Waals surface area (Å²) in [6.07, 6.45) is 0.849. The van der Waals surface area contributed by atoms with Crippen molar-refractivity contribution in [2.45, 2.75) is 19.8 Å². The summed E-state index contributed by atoms with van der Waals surface area (Å²) >= 11 is 0. The lowest BCUT2D eigenvalue weighted by atomic mass is 10.0. The van der Waals surface area contributed by atoms with Gasteiger partial charge in [0.15, 0.2) is 5.76 Å². The first-order valence-corrected chi connectivity index (χ1v) is 5.99. The summed E-state index contributed by atoms with van der Waals surface area (Å²) in [5.74, 6) is 0.435. The van der Waals surface area contributed by atoms with Crippen LogP contribution in [0.25, 0.3) is 11.3 Å². The number of ether oxygens (including phenoxy) is 1. The van der Waals surface area contributed by atoms with E-state index in [1.165, 1.54) is 7.11 Å². The molecule has 1 aromatic heterocycles. The fourth-order valence-corrected chi connectivity index (χ4v) is 1.87. The van der Waals surface area contributed by atoms with Crippen LogP contribution in [0, 0.1) is 6.92 Å². The van der Waals surface area contributed by atoms with Crippen LogP contribution in [0.15, 0.2) is 28.8 Å². The molecule has 0 spiro atoms. The number of esters is 1. The van der Waals surface area contributed by atoms with Gasteiger partial charge in [-0.1, -0.05) is 5.16 Å². The van der Waals surface area contributed by atoms with Gasteiger partial charge in [0.2, 0.25) is 0 Å². The number of nitrogens with two attached hydrogens (primary N) is 1. The molecule has 1 aromatic carbocycles. The first-order valence-electron chi connectivity index (χ1n) is 5.99. The maximum absolute atomic E-state index is 11.2. The normalized spacial score (nSPS) is 10.4. The predicted octanol–water partition coefficient (Wildman–Crippen LogP) is 2.34. The van der Waals surface area contributed by atoms with E-state index in [-0.39, 0.29) is 5.97 Å². The molecule has 5 nitrogen and oxygen atoms in total. The van der Waals surface area contributed by atoms with Crippen molar-refractivity contribution in [3.8, 4) is 11.3 Å². The molecule has 0 saturated carbocycles. The van der Waals surface area contributed by atoms with Crippen molar-refractivity contribution in [1.29, 1.82) is 0 Å². The number of nitrogen functional groups attached to an aromatic ring is 1. The van der Waals surface area contributed by atoms with E-state index < -0.39 is 0 Å². The van der Waals surface area contributed by atoms with Gasteiger partial charge in [0.1, 0.15) is 0 Å². The minimum absolute atomic E-state index is 0.246. The molecule has 0 saturated heterocycles. The zero-order valence-corrected chi connectivity index (χ0v) is 11.0. The number of hydrogen-bond donors (Lipinski definition) is 1. The summed E-state index contributed by atoms with van der Waals surface area (Å²) in [6.45, 7) is 1.86. The van der Waals surface area contributed by atoms with E-state index in [0.717, 1.165) is 16.8 Å². The Labute approximate surface area is 111 Å². The molecule has 0 amide bonds. The molecule has 2 rings (SSSR count). The summed E-state index contributed by atoms with van der Waals surface area (Å²) in [7, 11) is 1.38. The largest absolute Gasteiger partial charge is 0.469 e. The molecule has 0 unspecified atom stereocenters. The van der Waals surface area contributed by atoms with Crippen molar-refractivity contribution < 1.29 is 14.1 Å². The number of rotatable bonds is 4. The molecule has 0 aliphatic heterocycles. The predicted molar refractivity (Wildman–Crippen MR) is 71.4 cm³/mol. The number of methoxy groups -OCH3 is 1. The van der Waals surface area contributed by atoms with E-state index in [4.69, 9.17) is 10.3 Å². The van der Waals surface area contributed by atoms with Gasteiger partial charge in [0.05, 0.1) is 12.8 Å². The van der Waals surface area contributed by atoms with Gasteiger partial charge in [0, 0.05) is 23.2 Å². The molecule has 1 heterocycles. The number of hydrogen-bond acceptors (Lipinski definition) is 5. The first-order chi connectivity index (χ1) is 9.11. The number of anilines is 1. The number of aryl methyl sites for hydroxylation is 1. The molecule has 2 N–H and O–H groups in total. The molecular weight excluding hydrogens is 244 g/mol. The average Bonchev–Trinajstić information content (AvgIpc) is 2.78. The minimum atomic E-state index is -0.246. The fourth-order valence-electron chi connectivity index (χ4n) is 1.87. The van der Waals surface area contributed by atoms with Gasteiger partial charge in [0.25, 0.3) is 0 Å². The van der Waals surface area contributed by atoms with Crippen molar-refractivity contribution in [1.82, 2.24) is 5.16 Å². The smallest absolute Gasteiger partial charge is 0.305 e. The van der Waals surface area contributed by atoms with Crippen molar-refractivity contribution in [3.63, 3.8) is 0 Å². The van der Waals surface area contributed by atoms with Crippen molar-refractivity contribution in [2.24, 2.45) is 0 Å². The molecule has 19 heavy (non-hydrogen) atoms. The van der Waals surface area contributed by atoms with E-state index in [1.807, 2.05) is 19.1 Å². The Hall–Kier alpha value is -2.30. The molecule has 0 radical (unpaired) electrons. The molecular formula is C14H16N2O3. The van der Waals surface area contributed by atoms with Crippen molar-refractivity contribution >= 4 is 11.7 Å². The van der Waals surface area contributed by atoms with E-state index >= 15 is 0 Å². The van der Waals surface area contributed by atoms with E-state index in [9.17, 15) is 4.79 Å². The highest BCUT2D eigenvalue weighted by Crippen LogP contribution is 2.27. The van der Waals surface area contributed by atoms with Crippen LogP contribution in [0.4, 0.5) is 5.69 Å². The molecule has 0 aliphatic rings. The van der Waals surface area contributed by atoms with E-state index in [1.54, 1.807) is 12.1 Å². The average molecular weight is 260 g/mol.